The highest BCUT2D eigenvalue weighted by Gasteiger charge is 2.15. The summed E-state index contributed by atoms with van der Waals surface area (Å²) in [4.78, 5) is 12.0. The molecule has 110 valence electrons. The third-order valence-electron chi connectivity index (χ3n) is 2.80. The molecule has 0 bridgehead atoms. The van der Waals surface area contributed by atoms with Crippen molar-refractivity contribution in [3.8, 4) is 0 Å². The zero-order chi connectivity index (χ0) is 15.6. The first-order valence-corrected chi connectivity index (χ1v) is 7.83. The number of amides is 1. The van der Waals surface area contributed by atoms with Gasteiger partial charge in [-0.15, -0.1) is 0 Å². The molecule has 2 rings (SSSR count). The standard InChI is InChI=1S/C14H13FN2O3S/c1-21(19,20)13-5-3-2-4-12(13)17-14(18)9-6-7-11(16)10(15)8-9/h2-8H,16H2,1H3,(H,17,18). The first-order chi connectivity index (χ1) is 9.79. The monoisotopic (exact) mass is 308 g/mol. The molecule has 1 amide bonds. The van der Waals surface area contributed by atoms with E-state index in [2.05, 4.69) is 5.32 Å². The SMILES string of the molecule is CS(=O)(=O)c1ccccc1NC(=O)c1ccc(N)c(F)c1. The van der Waals surface area contributed by atoms with Crippen LogP contribution in [0.15, 0.2) is 47.4 Å². The van der Waals surface area contributed by atoms with E-state index >= 15 is 0 Å². The number of hydrogen-bond donors (Lipinski definition) is 2. The van der Waals surface area contributed by atoms with Gasteiger partial charge in [-0.2, -0.15) is 0 Å². The van der Waals surface area contributed by atoms with Gasteiger partial charge in [-0.1, -0.05) is 12.1 Å². The van der Waals surface area contributed by atoms with Crippen LogP contribution in [0.25, 0.3) is 0 Å². The maximum absolute atomic E-state index is 13.3. The van der Waals surface area contributed by atoms with Crippen LogP contribution in [0.5, 0.6) is 0 Å². The number of anilines is 2. The molecule has 0 heterocycles. The van der Waals surface area contributed by atoms with Crippen molar-refractivity contribution in [1.82, 2.24) is 0 Å². The molecule has 0 unspecified atom stereocenters. The van der Waals surface area contributed by atoms with E-state index in [1.54, 1.807) is 12.1 Å². The van der Waals surface area contributed by atoms with Gasteiger partial charge in [-0.25, -0.2) is 12.8 Å². The zero-order valence-corrected chi connectivity index (χ0v) is 11.9. The molecule has 0 aliphatic heterocycles. The number of sulfone groups is 1. The number of nitrogen functional groups attached to an aromatic ring is 1. The maximum atomic E-state index is 13.3. The van der Waals surface area contributed by atoms with Crippen LogP contribution in [-0.2, 0) is 9.84 Å². The highest BCUT2D eigenvalue weighted by atomic mass is 32.2. The second-order valence-corrected chi connectivity index (χ2v) is 6.44. The molecule has 3 N–H and O–H groups in total. The molecule has 0 spiro atoms. The summed E-state index contributed by atoms with van der Waals surface area (Å²) in [6.07, 6.45) is 1.04. The van der Waals surface area contributed by atoms with E-state index in [1.807, 2.05) is 0 Å². The second kappa shape index (κ2) is 5.53. The summed E-state index contributed by atoms with van der Waals surface area (Å²) in [6.45, 7) is 0. The van der Waals surface area contributed by atoms with Crippen LogP contribution in [0.3, 0.4) is 0 Å². The van der Waals surface area contributed by atoms with Gasteiger partial charge in [-0.3, -0.25) is 4.79 Å². The van der Waals surface area contributed by atoms with Crippen molar-refractivity contribution < 1.29 is 17.6 Å². The van der Waals surface area contributed by atoms with E-state index in [1.165, 1.54) is 24.3 Å². The fourth-order valence-corrected chi connectivity index (χ4v) is 2.60. The lowest BCUT2D eigenvalue weighted by atomic mass is 10.2. The van der Waals surface area contributed by atoms with Gasteiger partial charge in [0.15, 0.2) is 9.84 Å². The van der Waals surface area contributed by atoms with E-state index in [0.717, 1.165) is 12.3 Å². The topological polar surface area (TPSA) is 89.3 Å². The number of nitrogens with two attached hydrogens (primary N) is 1. The van der Waals surface area contributed by atoms with E-state index in [9.17, 15) is 17.6 Å². The van der Waals surface area contributed by atoms with E-state index in [-0.39, 0.29) is 21.8 Å². The van der Waals surface area contributed by atoms with Gasteiger partial charge in [0.25, 0.3) is 5.91 Å². The van der Waals surface area contributed by atoms with Gasteiger partial charge in [0.05, 0.1) is 16.3 Å². The van der Waals surface area contributed by atoms with Crippen molar-refractivity contribution in [3.05, 3.63) is 53.8 Å². The number of hydrogen-bond acceptors (Lipinski definition) is 4. The van der Waals surface area contributed by atoms with Crippen LogP contribution < -0.4 is 11.1 Å². The van der Waals surface area contributed by atoms with Crippen molar-refractivity contribution in [2.24, 2.45) is 0 Å². The fourth-order valence-electron chi connectivity index (χ4n) is 1.76. The van der Waals surface area contributed by atoms with Crippen LogP contribution in [0.1, 0.15) is 10.4 Å². The average molecular weight is 308 g/mol. The molecule has 0 saturated heterocycles. The van der Waals surface area contributed by atoms with Gasteiger partial charge < -0.3 is 11.1 Å². The van der Waals surface area contributed by atoms with Crippen LogP contribution in [0.2, 0.25) is 0 Å². The van der Waals surface area contributed by atoms with Crippen molar-refractivity contribution >= 4 is 27.1 Å². The molecule has 7 heteroatoms. The van der Waals surface area contributed by atoms with E-state index < -0.39 is 21.6 Å². The Bertz CT molecular complexity index is 804. The summed E-state index contributed by atoms with van der Waals surface area (Å²) >= 11 is 0. The molecule has 0 radical (unpaired) electrons. The molecule has 5 nitrogen and oxygen atoms in total. The number of rotatable bonds is 3. The number of carbonyl (C=O) groups is 1. The number of benzene rings is 2. The summed E-state index contributed by atoms with van der Waals surface area (Å²) < 4.78 is 36.6. The summed E-state index contributed by atoms with van der Waals surface area (Å²) in [6, 6.07) is 9.61. The van der Waals surface area contributed by atoms with E-state index in [0.29, 0.717) is 0 Å². The number of halogens is 1. The summed E-state index contributed by atoms with van der Waals surface area (Å²) in [5.41, 5.74) is 5.46. The Morgan fingerprint density at radius 3 is 2.48 bits per heavy atom. The van der Waals surface area contributed by atoms with Crippen LogP contribution in [0.4, 0.5) is 15.8 Å². The molecule has 0 aromatic heterocycles. The zero-order valence-electron chi connectivity index (χ0n) is 11.1. The molecule has 0 saturated carbocycles. The van der Waals surface area contributed by atoms with Gasteiger partial charge in [0, 0.05) is 11.8 Å². The first kappa shape index (κ1) is 15.0. The maximum Gasteiger partial charge on any atom is 0.255 e. The van der Waals surface area contributed by atoms with Crippen LogP contribution >= 0.6 is 0 Å². The normalized spacial score (nSPS) is 11.1. The van der Waals surface area contributed by atoms with Crippen molar-refractivity contribution in [3.63, 3.8) is 0 Å². The Hall–Kier alpha value is -2.41. The Morgan fingerprint density at radius 1 is 1.19 bits per heavy atom. The smallest absolute Gasteiger partial charge is 0.255 e. The predicted molar refractivity (Wildman–Crippen MR) is 78.3 cm³/mol. The van der Waals surface area contributed by atoms with Crippen molar-refractivity contribution in [1.29, 1.82) is 0 Å². The number of para-hydroxylation sites is 1. The molecule has 0 fully saturated rings. The number of carbonyl (C=O) groups excluding carboxylic acids is 1. The Balaban J connectivity index is 2.34. The van der Waals surface area contributed by atoms with Gasteiger partial charge in [-0.05, 0) is 30.3 Å². The second-order valence-electron chi connectivity index (χ2n) is 4.46. The molecule has 0 atom stereocenters. The average Bonchev–Trinajstić information content (AvgIpc) is 2.41. The first-order valence-electron chi connectivity index (χ1n) is 5.94. The molecular weight excluding hydrogens is 295 g/mol. The van der Waals surface area contributed by atoms with Gasteiger partial charge in [0.2, 0.25) is 0 Å². The van der Waals surface area contributed by atoms with E-state index in [4.69, 9.17) is 5.73 Å². The predicted octanol–water partition coefficient (Wildman–Crippen LogP) is 2.06. The minimum Gasteiger partial charge on any atom is -0.396 e. The third kappa shape index (κ3) is 3.38. The highest BCUT2D eigenvalue weighted by molar-refractivity contribution is 7.90. The largest absolute Gasteiger partial charge is 0.396 e. The lowest BCUT2D eigenvalue weighted by Crippen LogP contribution is -2.15. The molecule has 0 aliphatic rings. The number of nitrogens with one attached hydrogen (secondary N) is 1. The Labute approximate surface area is 121 Å². The van der Waals surface area contributed by atoms with Crippen LogP contribution in [-0.4, -0.2) is 20.6 Å². The summed E-state index contributed by atoms with van der Waals surface area (Å²) in [5, 5.41) is 2.45. The highest BCUT2D eigenvalue weighted by Crippen LogP contribution is 2.21. The quantitative estimate of drug-likeness (QED) is 0.849. The van der Waals surface area contributed by atoms with Crippen LogP contribution in [0, 0.1) is 5.82 Å². The Morgan fingerprint density at radius 2 is 1.86 bits per heavy atom. The van der Waals surface area contributed by atoms with Crippen molar-refractivity contribution in [2.75, 3.05) is 17.3 Å². The molecule has 0 aliphatic carbocycles. The minimum atomic E-state index is -3.48. The molecular formula is C14H13FN2O3S. The summed E-state index contributed by atoms with van der Waals surface area (Å²) in [7, 11) is -3.48. The lowest BCUT2D eigenvalue weighted by Gasteiger charge is -2.10. The third-order valence-corrected chi connectivity index (χ3v) is 3.95. The Kier molecular flexibility index (Phi) is 3.95. The molecule has 2 aromatic carbocycles. The molecule has 21 heavy (non-hydrogen) atoms. The van der Waals surface area contributed by atoms with Crippen molar-refractivity contribution in [2.45, 2.75) is 4.90 Å². The molecule has 2 aromatic rings. The lowest BCUT2D eigenvalue weighted by molar-refractivity contribution is 0.102. The summed E-state index contributed by atoms with van der Waals surface area (Å²) in [5.74, 6) is -1.33. The van der Waals surface area contributed by atoms with Gasteiger partial charge in [0.1, 0.15) is 5.82 Å². The fraction of sp³-hybridized carbons (Fsp3) is 0.0714. The minimum absolute atomic E-state index is 0.00531. The van der Waals surface area contributed by atoms with Gasteiger partial charge >= 0.3 is 0 Å².